The van der Waals surface area contributed by atoms with Crippen LogP contribution < -0.4 is 0 Å². The highest BCUT2D eigenvalue weighted by molar-refractivity contribution is 6.18. The monoisotopic (exact) mass is 270 g/mol. The van der Waals surface area contributed by atoms with E-state index in [2.05, 4.69) is 39.5 Å². The summed E-state index contributed by atoms with van der Waals surface area (Å²) in [6.07, 6.45) is 4.31. The second kappa shape index (κ2) is 4.93. The van der Waals surface area contributed by atoms with Gasteiger partial charge in [0.1, 0.15) is 5.60 Å². The van der Waals surface area contributed by atoms with E-state index in [1.54, 1.807) is 6.08 Å². The number of cyclic esters (lactones) is 1. The molecule has 0 radical (unpaired) electrons. The van der Waals surface area contributed by atoms with E-state index < -0.39 is 5.60 Å². The lowest BCUT2D eigenvalue weighted by Crippen LogP contribution is -2.22. The minimum atomic E-state index is -0.559. The Morgan fingerprint density at radius 3 is 2.35 bits per heavy atom. The summed E-state index contributed by atoms with van der Waals surface area (Å²) in [6.45, 7) is 12.1. The van der Waals surface area contributed by atoms with Crippen molar-refractivity contribution in [1.82, 2.24) is 0 Å². The number of carbonyl (C=O) groups is 1. The molecule has 0 saturated carbocycles. The van der Waals surface area contributed by atoms with E-state index in [-0.39, 0.29) is 11.4 Å². The predicted octanol–water partition coefficient (Wildman–Crippen LogP) is 4.26. The Kier molecular flexibility index (Phi) is 3.59. The van der Waals surface area contributed by atoms with Crippen LogP contribution in [-0.2, 0) is 14.9 Å². The molecule has 1 heterocycles. The molecule has 0 saturated heterocycles. The Bertz CT molecular complexity index is 558. The molecular formula is C18H22O2. The van der Waals surface area contributed by atoms with Crippen LogP contribution in [0.15, 0.2) is 43.0 Å². The molecule has 1 aliphatic heterocycles. The lowest BCUT2D eigenvalue weighted by atomic mass is 9.86. The third-order valence-corrected chi connectivity index (χ3v) is 3.61. The molecule has 0 fully saturated rings. The molecule has 2 heteroatoms. The van der Waals surface area contributed by atoms with Gasteiger partial charge >= 0.3 is 5.97 Å². The fraction of sp³-hybridized carbons (Fsp3) is 0.389. The number of ether oxygens (including phenoxy) is 1. The molecule has 0 bridgehead atoms. The molecular weight excluding hydrogens is 248 g/mol. The van der Waals surface area contributed by atoms with Crippen LogP contribution in [0.5, 0.6) is 0 Å². The van der Waals surface area contributed by atoms with E-state index in [0.29, 0.717) is 12.0 Å². The van der Waals surface area contributed by atoms with Gasteiger partial charge in [0.15, 0.2) is 0 Å². The highest BCUT2D eigenvalue weighted by atomic mass is 16.6. The molecule has 20 heavy (non-hydrogen) atoms. The average Bonchev–Trinajstić information content (AvgIpc) is 2.64. The molecule has 0 N–H and O–H groups in total. The van der Waals surface area contributed by atoms with Crippen molar-refractivity contribution in [1.29, 1.82) is 0 Å². The summed E-state index contributed by atoms with van der Waals surface area (Å²) >= 11 is 0. The standard InChI is InChI=1S/C18H22O2/c1-6-11-18(5)12-15(16(19)20-18)13-7-9-14(10-8-13)17(2,3)4/h6-10,12H,1,11H2,2-5H3/t18-/m0/s1. The van der Waals surface area contributed by atoms with Crippen molar-refractivity contribution >= 4 is 11.5 Å². The number of hydrogen-bond acceptors (Lipinski definition) is 2. The fourth-order valence-electron chi connectivity index (χ4n) is 2.40. The summed E-state index contributed by atoms with van der Waals surface area (Å²) in [5.41, 5.74) is 2.37. The van der Waals surface area contributed by atoms with Crippen LogP contribution in [0, 0.1) is 0 Å². The second-order valence-corrected chi connectivity index (χ2v) is 6.58. The number of benzene rings is 1. The molecule has 2 nitrogen and oxygen atoms in total. The zero-order valence-corrected chi connectivity index (χ0v) is 12.7. The Morgan fingerprint density at radius 2 is 1.85 bits per heavy atom. The molecule has 1 aromatic rings. The summed E-state index contributed by atoms with van der Waals surface area (Å²) in [5.74, 6) is -0.252. The van der Waals surface area contributed by atoms with Crippen molar-refractivity contribution in [2.45, 2.75) is 45.1 Å². The molecule has 106 valence electrons. The smallest absolute Gasteiger partial charge is 0.339 e. The fourth-order valence-corrected chi connectivity index (χ4v) is 2.40. The Morgan fingerprint density at radius 1 is 1.25 bits per heavy atom. The maximum Gasteiger partial charge on any atom is 0.339 e. The van der Waals surface area contributed by atoms with Crippen molar-refractivity contribution in [2.75, 3.05) is 0 Å². The van der Waals surface area contributed by atoms with E-state index in [9.17, 15) is 4.79 Å². The van der Waals surface area contributed by atoms with Crippen molar-refractivity contribution in [3.8, 4) is 0 Å². The van der Waals surface area contributed by atoms with Crippen LogP contribution in [-0.4, -0.2) is 11.6 Å². The first-order valence-corrected chi connectivity index (χ1v) is 6.93. The quantitative estimate of drug-likeness (QED) is 0.606. The van der Waals surface area contributed by atoms with Crippen LogP contribution in [0.25, 0.3) is 5.57 Å². The van der Waals surface area contributed by atoms with Gasteiger partial charge in [-0.15, -0.1) is 6.58 Å². The molecule has 0 aromatic heterocycles. The van der Waals surface area contributed by atoms with Gasteiger partial charge in [-0.3, -0.25) is 0 Å². The average molecular weight is 270 g/mol. The van der Waals surface area contributed by atoms with Gasteiger partial charge < -0.3 is 4.74 Å². The van der Waals surface area contributed by atoms with Crippen LogP contribution in [0.4, 0.5) is 0 Å². The third-order valence-electron chi connectivity index (χ3n) is 3.61. The molecule has 2 rings (SSSR count). The Hall–Kier alpha value is -1.83. The first-order chi connectivity index (χ1) is 9.25. The van der Waals surface area contributed by atoms with Gasteiger partial charge in [-0.2, -0.15) is 0 Å². The maximum atomic E-state index is 12.0. The highest BCUT2D eigenvalue weighted by Crippen LogP contribution is 2.34. The zero-order chi connectivity index (χ0) is 15.0. The molecule has 0 spiro atoms. The molecule has 0 aliphatic carbocycles. The van der Waals surface area contributed by atoms with Gasteiger partial charge in [0, 0.05) is 6.42 Å². The molecule has 1 atom stereocenters. The summed E-state index contributed by atoms with van der Waals surface area (Å²) < 4.78 is 5.45. The molecule has 1 aliphatic rings. The summed E-state index contributed by atoms with van der Waals surface area (Å²) in [4.78, 5) is 12.0. The van der Waals surface area contributed by atoms with Gasteiger partial charge in [-0.05, 0) is 29.5 Å². The number of esters is 1. The summed E-state index contributed by atoms with van der Waals surface area (Å²) in [7, 11) is 0. The van der Waals surface area contributed by atoms with Gasteiger partial charge in [0.25, 0.3) is 0 Å². The number of carbonyl (C=O) groups excluding carboxylic acids is 1. The second-order valence-electron chi connectivity index (χ2n) is 6.58. The van der Waals surface area contributed by atoms with Gasteiger partial charge in [0.05, 0.1) is 5.57 Å². The Labute approximate surface area is 121 Å². The minimum absolute atomic E-state index is 0.112. The first kappa shape index (κ1) is 14.6. The Balaban J connectivity index is 2.32. The van der Waals surface area contributed by atoms with Crippen LogP contribution in [0.3, 0.4) is 0 Å². The van der Waals surface area contributed by atoms with Crippen molar-refractivity contribution in [3.63, 3.8) is 0 Å². The van der Waals surface area contributed by atoms with E-state index in [1.807, 2.05) is 25.1 Å². The molecule has 0 unspecified atom stereocenters. The van der Waals surface area contributed by atoms with Gasteiger partial charge in [0.2, 0.25) is 0 Å². The van der Waals surface area contributed by atoms with Crippen molar-refractivity contribution < 1.29 is 9.53 Å². The predicted molar refractivity (Wildman–Crippen MR) is 82.4 cm³/mol. The SMILES string of the molecule is C=CC[C@@]1(C)C=C(c2ccc(C(C)(C)C)cc2)C(=O)O1. The van der Waals surface area contributed by atoms with Gasteiger partial charge in [-0.25, -0.2) is 4.79 Å². The van der Waals surface area contributed by atoms with Crippen molar-refractivity contribution in [3.05, 3.63) is 54.1 Å². The lowest BCUT2D eigenvalue weighted by molar-refractivity contribution is -0.143. The highest BCUT2D eigenvalue weighted by Gasteiger charge is 2.35. The molecule has 0 amide bonds. The minimum Gasteiger partial charge on any atom is -0.451 e. The maximum absolute atomic E-state index is 12.0. The number of rotatable bonds is 3. The summed E-state index contributed by atoms with van der Waals surface area (Å²) in [5, 5.41) is 0. The van der Waals surface area contributed by atoms with Crippen molar-refractivity contribution in [2.24, 2.45) is 0 Å². The van der Waals surface area contributed by atoms with Gasteiger partial charge in [-0.1, -0.05) is 51.1 Å². The van der Waals surface area contributed by atoms with E-state index >= 15 is 0 Å². The normalized spacial score (nSPS) is 22.4. The largest absolute Gasteiger partial charge is 0.451 e. The van der Waals surface area contributed by atoms with Crippen LogP contribution >= 0.6 is 0 Å². The lowest BCUT2D eigenvalue weighted by Gasteiger charge is -2.19. The number of hydrogen-bond donors (Lipinski definition) is 0. The zero-order valence-electron chi connectivity index (χ0n) is 12.7. The summed E-state index contributed by atoms with van der Waals surface area (Å²) in [6, 6.07) is 8.14. The molecule has 1 aromatic carbocycles. The third kappa shape index (κ3) is 2.84. The van der Waals surface area contributed by atoms with Crippen LogP contribution in [0.1, 0.15) is 45.2 Å². The topological polar surface area (TPSA) is 26.3 Å². The van der Waals surface area contributed by atoms with E-state index in [1.165, 1.54) is 5.56 Å². The first-order valence-electron chi connectivity index (χ1n) is 6.93. The van der Waals surface area contributed by atoms with E-state index in [4.69, 9.17) is 4.74 Å². The van der Waals surface area contributed by atoms with E-state index in [0.717, 1.165) is 5.56 Å². The van der Waals surface area contributed by atoms with Crippen LogP contribution in [0.2, 0.25) is 0 Å².